The number of β-lactam (4-membered cyclic amide) rings is 1. The van der Waals surface area contributed by atoms with Gasteiger partial charge in [0.2, 0.25) is 6.79 Å². The number of methoxy groups -OCH3 is 1. The van der Waals surface area contributed by atoms with Crippen molar-refractivity contribution in [2.24, 2.45) is 11.1 Å². The Hall–Kier alpha value is -3.17. The van der Waals surface area contributed by atoms with Crippen molar-refractivity contribution in [3.63, 3.8) is 0 Å². The normalized spacial score (nSPS) is 20.1. The van der Waals surface area contributed by atoms with Gasteiger partial charge in [0.25, 0.3) is 11.8 Å². The highest BCUT2D eigenvalue weighted by atomic mass is 32.2. The summed E-state index contributed by atoms with van der Waals surface area (Å²) < 4.78 is 15.1. The fourth-order valence-electron chi connectivity index (χ4n) is 3.15. The monoisotopic (exact) mass is 513 g/mol. The van der Waals surface area contributed by atoms with Gasteiger partial charge in [0.05, 0.1) is 12.5 Å². The first kappa shape index (κ1) is 25.5. The third-order valence-corrected chi connectivity index (χ3v) is 6.80. The minimum absolute atomic E-state index is 0.0231. The van der Waals surface area contributed by atoms with E-state index in [1.807, 2.05) is 0 Å². The molecule has 15 heteroatoms. The Morgan fingerprint density at radius 3 is 2.71 bits per heavy atom. The van der Waals surface area contributed by atoms with E-state index in [0.717, 1.165) is 11.3 Å². The molecule has 0 radical (unpaired) electrons. The first-order valence-corrected chi connectivity index (χ1v) is 11.9. The molecule has 2 amide bonds. The minimum atomic E-state index is -0.990. The van der Waals surface area contributed by atoms with Gasteiger partial charge in [0.1, 0.15) is 22.8 Å². The predicted octanol–water partition coefficient (Wildman–Crippen LogP) is -0.0961. The molecule has 1 aromatic heterocycles. The van der Waals surface area contributed by atoms with Crippen molar-refractivity contribution in [3.8, 4) is 0 Å². The number of thiazole rings is 1. The van der Waals surface area contributed by atoms with Gasteiger partial charge in [-0.05, 0) is 5.57 Å². The number of amides is 2. The van der Waals surface area contributed by atoms with E-state index in [-0.39, 0.29) is 23.1 Å². The lowest BCUT2D eigenvalue weighted by atomic mass is 10.0. The van der Waals surface area contributed by atoms with Gasteiger partial charge in [0.15, 0.2) is 10.8 Å². The number of nitrogens with two attached hydrogens (primary N) is 1. The van der Waals surface area contributed by atoms with Gasteiger partial charge < -0.3 is 30.5 Å². The molecule has 0 bridgehead atoms. The second-order valence-corrected chi connectivity index (χ2v) is 9.43. The first-order valence-electron chi connectivity index (χ1n) is 9.93. The highest BCUT2D eigenvalue weighted by Crippen LogP contribution is 2.40. The standard InChI is InChI=1S/C19H23N5O8S2/c1-8(2)17(27)31-7-32-18(28)13-9(4-30-3)5-33-16-12(15(26)24(13)16)22-14(25)11(23-29)10-6-34-19(20)21-10/h6,8,12,16,29H,4-5,7H2,1-3H3,(H2,20,21)(H,22,25)/t12?,16-/m1/s1. The Balaban J connectivity index is 1.71. The zero-order valence-corrected chi connectivity index (χ0v) is 20.1. The number of carbonyl (C=O) groups is 4. The molecular weight excluding hydrogens is 490 g/mol. The molecule has 1 saturated heterocycles. The Bertz CT molecular complexity index is 1050. The van der Waals surface area contributed by atoms with Crippen molar-refractivity contribution in [1.29, 1.82) is 0 Å². The van der Waals surface area contributed by atoms with E-state index in [1.165, 1.54) is 29.2 Å². The molecule has 13 nitrogen and oxygen atoms in total. The van der Waals surface area contributed by atoms with Gasteiger partial charge in [-0.1, -0.05) is 19.0 Å². The molecule has 4 N–H and O–H groups in total. The number of hydrogen-bond acceptors (Lipinski definition) is 13. The number of aromatic nitrogens is 1. The van der Waals surface area contributed by atoms with Crippen LogP contribution in [0.4, 0.5) is 5.13 Å². The molecule has 2 atom stereocenters. The number of nitrogens with zero attached hydrogens (tertiary/aromatic N) is 3. The number of oxime groups is 1. The molecule has 0 spiro atoms. The van der Waals surface area contributed by atoms with E-state index in [2.05, 4.69) is 15.5 Å². The molecule has 0 aliphatic carbocycles. The van der Waals surface area contributed by atoms with E-state index in [0.29, 0.717) is 11.3 Å². The number of nitrogens with one attached hydrogen (secondary N) is 1. The molecule has 2 aliphatic heterocycles. The van der Waals surface area contributed by atoms with Crippen LogP contribution in [0.5, 0.6) is 0 Å². The Labute approximate surface area is 202 Å². The average Bonchev–Trinajstić information content (AvgIpc) is 3.23. The molecule has 184 valence electrons. The highest BCUT2D eigenvalue weighted by molar-refractivity contribution is 8.00. The van der Waals surface area contributed by atoms with E-state index >= 15 is 0 Å². The van der Waals surface area contributed by atoms with Crippen LogP contribution in [0.25, 0.3) is 0 Å². The third-order valence-electron chi connectivity index (χ3n) is 4.79. The number of rotatable bonds is 9. The number of fused-ring (bicyclic) bond motifs is 1. The number of hydrogen-bond donors (Lipinski definition) is 3. The summed E-state index contributed by atoms with van der Waals surface area (Å²) in [6.07, 6.45) is 0. The quantitative estimate of drug-likeness (QED) is 0.100. The summed E-state index contributed by atoms with van der Waals surface area (Å²) >= 11 is 2.37. The molecule has 0 aromatic carbocycles. The number of esters is 2. The Morgan fingerprint density at radius 1 is 1.38 bits per heavy atom. The lowest BCUT2D eigenvalue weighted by molar-refractivity contribution is -0.170. The number of ether oxygens (including phenoxy) is 3. The molecule has 1 aromatic rings. The molecule has 0 saturated carbocycles. The first-order chi connectivity index (χ1) is 16.2. The summed E-state index contributed by atoms with van der Waals surface area (Å²) in [7, 11) is 1.44. The summed E-state index contributed by atoms with van der Waals surface area (Å²) in [5, 5.41) is 15.7. The molecule has 3 heterocycles. The molecular formula is C19H23N5O8S2. The molecule has 1 unspecified atom stereocenters. The van der Waals surface area contributed by atoms with E-state index in [9.17, 15) is 24.4 Å². The maximum absolute atomic E-state index is 12.9. The Kier molecular flexibility index (Phi) is 8.11. The fraction of sp³-hybridized carbons (Fsp3) is 0.474. The van der Waals surface area contributed by atoms with Crippen LogP contribution in [-0.2, 0) is 33.4 Å². The van der Waals surface area contributed by atoms with Crippen LogP contribution in [0, 0.1) is 5.92 Å². The van der Waals surface area contributed by atoms with Crippen molar-refractivity contribution in [1.82, 2.24) is 15.2 Å². The Morgan fingerprint density at radius 2 is 2.12 bits per heavy atom. The molecule has 2 aliphatic rings. The van der Waals surface area contributed by atoms with Crippen LogP contribution in [0.15, 0.2) is 21.8 Å². The lowest BCUT2D eigenvalue weighted by Crippen LogP contribution is -2.71. The molecule has 3 rings (SSSR count). The number of nitrogen functional groups attached to an aromatic ring is 1. The minimum Gasteiger partial charge on any atom is -0.428 e. The van der Waals surface area contributed by atoms with Crippen molar-refractivity contribution in [2.75, 3.05) is 32.0 Å². The van der Waals surface area contributed by atoms with Gasteiger partial charge in [0, 0.05) is 18.2 Å². The number of thioether (sulfide) groups is 1. The lowest BCUT2D eigenvalue weighted by Gasteiger charge is -2.49. The van der Waals surface area contributed by atoms with Crippen LogP contribution in [0.1, 0.15) is 19.5 Å². The van der Waals surface area contributed by atoms with Crippen molar-refractivity contribution < 1.29 is 38.6 Å². The van der Waals surface area contributed by atoms with Gasteiger partial charge in [-0.3, -0.25) is 19.3 Å². The smallest absolute Gasteiger partial charge is 0.358 e. The predicted molar refractivity (Wildman–Crippen MR) is 121 cm³/mol. The van der Waals surface area contributed by atoms with Crippen LogP contribution >= 0.6 is 23.1 Å². The van der Waals surface area contributed by atoms with E-state index in [4.69, 9.17) is 19.9 Å². The third kappa shape index (κ3) is 5.15. The zero-order valence-electron chi connectivity index (χ0n) is 18.5. The average molecular weight is 514 g/mol. The highest BCUT2D eigenvalue weighted by Gasteiger charge is 2.54. The van der Waals surface area contributed by atoms with Crippen molar-refractivity contribution in [3.05, 3.63) is 22.3 Å². The van der Waals surface area contributed by atoms with Crippen LogP contribution in [0.2, 0.25) is 0 Å². The van der Waals surface area contributed by atoms with Gasteiger partial charge >= 0.3 is 11.9 Å². The SMILES string of the molecule is COCC1=C(C(=O)OCOC(=O)C(C)C)N2C(=O)C(NC(=O)C(=NO)c3csc(N)n3)[C@H]2SC1. The van der Waals surface area contributed by atoms with E-state index in [1.54, 1.807) is 13.8 Å². The van der Waals surface area contributed by atoms with Gasteiger partial charge in [-0.2, -0.15) is 0 Å². The summed E-state index contributed by atoms with van der Waals surface area (Å²) in [5.41, 5.74) is 5.70. The second kappa shape index (κ2) is 10.8. The van der Waals surface area contributed by atoms with Crippen LogP contribution < -0.4 is 11.1 Å². The number of carbonyl (C=O) groups excluding carboxylic acids is 4. The summed E-state index contributed by atoms with van der Waals surface area (Å²) in [6, 6.07) is -0.990. The van der Waals surface area contributed by atoms with Gasteiger partial charge in [-0.25, -0.2) is 9.78 Å². The summed E-state index contributed by atoms with van der Waals surface area (Å²) in [5.74, 6) is -2.87. The molecule has 1 fully saturated rings. The topological polar surface area (TPSA) is 183 Å². The summed E-state index contributed by atoms with van der Waals surface area (Å²) in [6.45, 7) is 2.74. The second-order valence-electron chi connectivity index (χ2n) is 7.43. The van der Waals surface area contributed by atoms with Gasteiger partial charge in [-0.15, -0.1) is 23.1 Å². The zero-order chi connectivity index (χ0) is 25.0. The number of anilines is 1. The fourth-order valence-corrected chi connectivity index (χ4v) is 5.03. The van der Waals surface area contributed by atoms with E-state index < -0.39 is 53.6 Å². The van der Waals surface area contributed by atoms with Crippen LogP contribution in [-0.4, -0.2) is 82.2 Å². The maximum Gasteiger partial charge on any atom is 0.358 e. The van der Waals surface area contributed by atoms with Crippen molar-refractivity contribution in [2.45, 2.75) is 25.3 Å². The largest absolute Gasteiger partial charge is 0.428 e. The maximum atomic E-state index is 12.9. The van der Waals surface area contributed by atoms with Crippen molar-refractivity contribution >= 4 is 57.7 Å². The molecule has 34 heavy (non-hydrogen) atoms. The summed E-state index contributed by atoms with van der Waals surface area (Å²) in [4.78, 5) is 55.0. The van der Waals surface area contributed by atoms with Crippen LogP contribution in [0.3, 0.4) is 0 Å².